The molecular formula is C42H60ClN5O5Si. The number of rotatable bonds is 14. The summed E-state index contributed by atoms with van der Waals surface area (Å²) < 4.78 is 17.7. The molecule has 12 heteroatoms. The van der Waals surface area contributed by atoms with Crippen molar-refractivity contribution >= 4 is 43.5 Å². The molecule has 1 aliphatic carbocycles. The van der Waals surface area contributed by atoms with E-state index in [9.17, 15) is 9.90 Å². The number of carbonyl (C=O) groups excluding carboxylic acids is 1. The Kier molecular flexibility index (Phi) is 16.4. The van der Waals surface area contributed by atoms with Crippen molar-refractivity contribution in [1.29, 1.82) is 0 Å². The number of halogens is 1. The van der Waals surface area contributed by atoms with Crippen LogP contribution in [0.4, 0.5) is 0 Å². The van der Waals surface area contributed by atoms with Gasteiger partial charge in [0.25, 0.3) is 5.91 Å². The number of aromatic nitrogens is 1. The average Bonchev–Trinajstić information content (AvgIpc) is 3.53. The number of aromatic amines is 1. The molecule has 3 N–H and O–H groups in total. The first kappa shape index (κ1) is 44.3. The van der Waals surface area contributed by atoms with Gasteiger partial charge in [-0.25, -0.2) is 9.98 Å². The Morgan fingerprint density at radius 2 is 1.67 bits per heavy atom. The van der Waals surface area contributed by atoms with Gasteiger partial charge in [-0.2, -0.15) is 0 Å². The summed E-state index contributed by atoms with van der Waals surface area (Å²) in [5, 5.41) is 15.4. The first-order valence-corrected chi connectivity index (χ1v) is 21.4. The third-order valence-electron chi connectivity index (χ3n) is 10.1. The number of aryl methyl sites for hydroxylation is 2. The van der Waals surface area contributed by atoms with Crippen LogP contribution in [0.15, 0.2) is 64.7 Å². The van der Waals surface area contributed by atoms with E-state index in [0.717, 1.165) is 77.6 Å². The summed E-state index contributed by atoms with van der Waals surface area (Å²) in [6.45, 7) is 16.1. The van der Waals surface area contributed by atoms with Gasteiger partial charge in [0.05, 0.1) is 45.0 Å². The Morgan fingerprint density at radius 3 is 2.31 bits per heavy atom. The SMILES string of the molecule is CCN=C=NCCCN(C)C.COc1cc2c(cc1OC)-c1cc(C(=O)N[C@@H](CO[Si](C)(C)C(C)(C)C)Cc3c[nH]c4ccccc34)c(O)cc1CC2.Cl. The number of aliphatic imine (C=N–C) groups is 2. The van der Waals surface area contributed by atoms with E-state index in [1.807, 2.05) is 43.5 Å². The van der Waals surface area contributed by atoms with E-state index in [1.54, 1.807) is 26.4 Å². The van der Waals surface area contributed by atoms with E-state index in [0.29, 0.717) is 24.5 Å². The van der Waals surface area contributed by atoms with Gasteiger partial charge in [0.2, 0.25) is 0 Å². The second-order valence-corrected chi connectivity index (χ2v) is 20.1. The lowest BCUT2D eigenvalue weighted by Gasteiger charge is -2.37. The molecule has 0 bridgehead atoms. The van der Waals surface area contributed by atoms with Crippen molar-refractivity contribution in [1.82, 2.24) is 15.2 Å². The maximum absolute atomic E-state index is 13.8. The molecule has 0 spiro atoms. The fourth-order valence-electron chi connectivity index (χ4n) is 6.06. The van der Waals surface area contributed by atoms with Gasteiger partial charge in [0.15, 0.2) is 19.8 Å². The molecule has 0 saturated heterocycles. The molecule has 1 heterocycles. The summed E-state index contributed by atoms with van der Waals surface area (Å²) in [6.07, 6.45) is 5.25. The second kappa shape index (κ2) is 20.0. The fourth-order valence-corrected chi connectivity index (χ4v) is 7.11. The molecule has 54 heavy (non-hydrogen) atoms. The molecular weight excluding hydrogens is 718 g/mol. The zero-order valence-corrected chi connectivity index (χ0v) is 35.6. The van der Waals surface area contributed by atoms with E-state index in [4.69, 9.17) is 13.9 Å². The standard InChI is InChI=1S/C34H42N2O5Si.C8H17N3.ClH/c1-34(2,3)42(6,7)41-20-24(14-23-19-35-29-11-9-8-10-25(23)29)36-33(38)28-17-26-21(15-30(28)37)12-13-22-16-31(39-4)32(40-5)18-27(22)26;1-4-9-8-10-6-5-7-11(2)3;/h8-11,15-19,24,35,37H,12-14,20H2,1-7H3,(H,36,38);4-7H2,1-3H3;1H/t24-;;/m1../s1. The zero-order chi connectivity index (χ0) is 38.8. The quantitative estimate of drug-likeness (QED) is 0.0671. The van der Waals surface area contributed by atoms with Crippen LogP contribution in [0.1, 0.15) is 61.2 Å². The summed E-state index contributed by atoms with van der Waals surface area (Å²) in [4.78, 5) is 27.2. The predicted molar refractivity (Wildman–Crippen MR) is 226 cm³/mol. The smallest absolute Gasteiger partial charge is 0.255 e. The lowest BCUT2D eigenvalue weighted by atomic mass is 9.84. The number of phenols is 1. The number of fused-ring (bicyclic) bond motifs is 4. The minimum Gasteiger partial charge on any atom is -0.507 e. The van der Waals surface area contributed by atoms with Crippen LogP contribution in [0.25, 0.3) is 22.0 Å². The molecule has 0 saturated carbocycles. The van der Waals surface area contributed by atoms with E-state index in [2.05, 4.69) is 85.2 Å². The van der Waals surface area contributed by atoms with Crippen LogP contribution in [0.5, 0.6) is 17.2 Å². The van der Waals surface area contributed by atoms with Gasteiger partial charge in [0.1, 0.15) is 5.75 Å². The van der Waals surface area contributed by atoms with Gasteiger partial charge in [-0.1, -0.05) is 39.0 Å². The van der Waals surface area contributed by atoms with Crippen molar-refractivity contribution in [2.45, 2.75) is 77.6 Å². The molecule has 10 nitrogen and oxygen atoms in total. The van der Waals surface area contributed by atoms with Crippen LogP contribution in [-0.4, -0.2) is 95.8 Å². The molecule has 5 rings (SSSR count). The van der Waals surface area contributed by atoms with Crippen molar-refractivity contribution in [3.05, 3.63) is 77.0 Å². The van der Waals surface area contributed by atoms with E-state index in [-0.39, 0.29) is 40.7 Å². The first-order chi connectivity index (χ1) is 25.2. The van der Waals surface area contributed by atoms with Gasteiger partial charge >= 0.3 is 0 Å². The van der Waals surface area contributed by atoms with Crippen molar-refractivity contribution in [2.24, 2.45) is 9.98 Å². The van der Waals surface area contributed by atoms with Crippen LogP contribution in [0.2, 0.25) is 18.1 Å². The number of phenolic OH excluding ortho intramolecular Hbond substituents is 1. The number of hydrogen-bond acceptors (Lipinski definition) is 8. The number of hydrogen-bond donors (Lipinski definition) is 3. The van der Waals surface area contributed by atoms with Crippen molar-refractivity contribution in [3.8, 4) is 28.4 Å². The highest BCUT2D eigenvalue weighted by Gasteiger charge is 2.38. The number of nitrogens with zero attached hydrogens (tertiary/aromatic N) is 3. The van der Waals surface area contributed by atoms with Crippen LogP contribution >= 0.6 is 12.4 Å². The molecule has 294 valence electrons. The van der Waals surface area contributed by atoms with Crippen molar-refractivity contribution in [3.63, 3.8) is 0 Å². The summed E-state index contributed by atoms with van der Waals surface area (Å²) in [5.74, 6) is 0.959. The average molecular weight is 779 g/mol. The number of carbonyl (C=O) groups is 1. The van der Waals surface area contributed by atoms with Gasteiger partial charge in [-0.3, -0.25) is 4.79 Å². The minimum atomic E-state index is -2.07. The number of amides is 1. The normalized spacial score (nSPS) is 12.6. The van der Waals surface area contributed by atoms with Gasteiger partial charge in [-0.15, -0.1) is 12.4 Å². The number of para-hydroxylation sites is 1. The Labute approximate surface area is 329 Å². The van der Waals surface area contributed by atoms with E-state index >= 15 is 0 Å². The minimum absolute atomic E-state index is 0. The highest BCUT2D eigenvalue weighted by atomic mass is 35.5. The Balaban J connectivity index is 0.000000569. The van der Waals surface area contributed by atoms with Crippen molar-refractivity contribution in [2.75, 3.05) is 54.6 Å². The Hall–Kier alpha value is -4.12. The zero-order valence-electron chi connectivity index (χ0n) is 33.8. The first-order valence-electron chi connectivity index (χ1n) is 18.5. The summed E-state index contributed by atoms with van der Waals surface area (Å²) in [7, 11) is 5.29. The molecule has 1 aliphatic rings. The number of H-pyrrole nitrogens is 1. The van der Waals surface area contributed by atoms with E-state index < -0.39 is 8.32 Å². The van der Waals surface area contributed by atoms with Gasteiger partial charge in [0, 0.05) is 23.6 Å². The lowest BCUT2D eigenvalue weighted by Crippen LogP contribution is -2.47. The number of benzene rings is 3. The van der Waals surface area contributed by atoms with Crippen LogP contribution in [-0.2, 0) is 23.7 Å². The molecule has 3 aromatic carbocycles. The number of methoxy groups -OCH3 is 2. The topological polar surface area (TPSA) is 121 Å². The molecule has 1 atom stereocenters. The maximum atomic E-state index is 13.8. The molecule has 0 aliphatic heterocycles. The highest BCUT2D eigenvalue weighted by molar-refractivity contribution is 6.74. The maximum Gasteiger partial charge on any atom is 0.255 e. The largest absolute Gasteiger partial charge is 0.507 e. The third-order valence-corrected chi connectivity index (χ3v) is 14.6. The van der Waals surface area contributed by atoms with Crippen LogP contribution in [0, 0.1) is 0 Å². The third kappa shape index (κ3) is 11.4. The summed E-state index contributed by atoms with van der Waals surface area (Å²) >= 11 is 0. The van der Waals surface area contributed by atoms with Gasteiger partial charge < -0.3 is 34.2 Å². The monoisotopic (exact) mass is 777 g/mol. The van der Waals surface area contributed by atoms with E-state index in [1.165, 1.54) is 0 Å². The number of aromatic hydroxyl groups is 1. The number of nitrogens with one attached hydrogen (secondary N) is 2. The second-order valence-electron chi connectivity index (χ2n) is 15.3. The molecule has 0 radical (unpaired) electrons. The highest BCUT2D eigenvalue weighted by Crippen LogP contribution is 2.42. The fraction of sp³-hybridized carbons (Fsp3) is 0.476. The predicted octanol–water partition coefficient (Wildman–Crippen LogP) is 8.57. The Bertz CT molecular complexity index is 1910. The van der Waals surface area contributed by atoms with Crippen LogP contribution < -0.4 is 14.8 Å². The number of ether oxygens (including phenoxy) is 2. The summed E-state index contributed by atoms with van der Waals surface area (Å²) in [6, 6.07) is 18.0. The van der Waals surface area contributed by atoms with Gasteiger partial charge in [-0.05, 0) is 130 Å². The summed E-state index contributed by atoms with van der Waals surface area (Å²) in [5.41, 5.74) is 6.44. The molecule has 1 aromatic heterocycles. The van der Waals surface area contributed by atoms with Crippen LogP contribution in [0.3, 0.4) is 0 Å². The molecule has 4 aromatic rings. The molecule has 0 fully saturated rings. The Morgan fingerprint density at radius 1 is 1.02 bits per heavy atom. The molecule has 0 unspecified atom stereocenters. The molecule has 1 amide bonds. The van der Waals surface area contributed by atoms with Crippen molar-refractivity contribution < 1.29 is 23.8 Å². The lowest BCUT2D eigenvalue weighted by molar-refractivity contribution is 0.0916.